The molecule has 5 nitrogen and oxygen atoms in total. The minimum atomic E-state index is -3.15. The van der Waals surface area contributed by atoms with Crippen LogP contribution in [-0.2, 0) is 16.3 Å². The van der Waals surface area contributed by atoms with Crippen LogP contribution in [0, 0.1) is 0 Å². The van der Waals surface area contributed by atoms with Crippen molar-refractivity contribution in [2.45, 2.75) is 18.2 Å². The fourth-order valence-corrected chi connectivity index (χ4v) is 2.75. The molecule has 0 spiro atoms. The standard InChI is InChI=1S/C13H17N3O2S/c1-2-19(17,18)12-5-3-11(4-6-12)16-10-9-15-13(16)7-8-14/h3-6,9-10H,2,7-8,14H2,1H3. The van der Waals surface area contributed by atoms with Gasteiger partial charge in [-0.05, 0) is 30.8 Å². The summed E-state index contributed by atoms with van der Waals surface area (Å²) in [6, 6.07) is 6.81. The Morgan fingerprint density at radius 3 is 2.53 bits per heavy atom. The second-order valence-electron chi connectivity index (χ2n) is 4.15. The highest BCUT2D eigenvalue weighted by Crippen LogP contribution is 2.16. The zero-order chi connectivity index (χ0) is 13.9. The van der Waals surface area contributed by atoms with Crippen LogP contribution >= 0.6 is 0 Å². The molecule has 0 unspecified atom stereocenters. The minimum absolute atomic E-state index is 0.107. The van der Waals surface area contributed by atoms with Crippen LogP contribution in [0.5, 0.6) is 0 Å². The Bertz CT molecular complexity index is 645. The van der Waals surface area contributed by atoms with Crippen LogP contribution in [-0.4, -0.2) is 30.3 Å². The molecule has 0 bridgehead atoms. The van der Waals surface area contributed by atoms with E-state index >= 15 is 0 Å². The third-order valence-electron chi connectivity index (χ3n) is 2.94. The second-order valence-corrected chi connectivity index (χ2v) is 6.43. The maximum atomic E-state index is 11.7. The molecule has 6 heteroatoms. The molecule has 0 aliphatic carbocycles. The Morgan fingerprint density at radius 2 is 1.95 bits per heavy atom. The fourth-order valence-electron chi connectivity index (χ4n) is 1.86. The number of aromatic nitrogens is 2. The molecule has 0 amide bonds. The molecular weight excluding hydrogens is 262 g/mol. The first-order chi connectivity index (χ1) is 9.08. The topological polar surface area (TPSA) is 78.0 Å². The summed E-state index contributed by atoms with van der Waals surface area (Å²) in [6.07, 6.45) is 4.23. The van der Waals surface area contributed by atoms with Gasteiger partial charge in [-0.3, -0.25) is 0 Å². The van der Waals surface area contributed by atoms with Gasteiger partial charge in [-0.1, -0.05) is 6.92 Å². The highest BCUT2D eigenvalue weighted by atomic mass is 32.2. The SMILES string of the molecule is CCS(=O)(=O)c1ccc(-n2ccnc2CCN)cc1. The predicted molar refractivity (Wildman–Crippen MR) is 74.0 cm³/mol. The van der Waals surface area contributed by atoms with Gasteiger partial charge in [0.25, 0.3) is 0 Å². The van der Waals surface area contributed by atoms with Crippen molar-refractivity contribution >= 4 is 9.84 Å². The lowest BCUT2D eigenvalue weighted by Crippen LogP contribution is -2.09. The lowest BCUT2D eigenvalue weighted by Gasteiger charge is -2.08. The molecule has 19 heavy (non-hydrogen) atoms. The Labute approximate surface area is 113 Å². The van der Waals surface area contributed by atoms with Crippen molar-refractivity contribution in [2.24, 2.45) is 5.73 Å². The molecular formula is C13H17N3O2S. The summed E-state index contributed by atoms with van der Waals surface area (Å²) in [7, 11) is -3.15. The van der Waals surface area contributed by atoms with E-state index in [-0.39, 0.29) is 5.75 Å². The Hall–Kier alpha value is -1.66. The second kappa shape index (κ2) is 5.54. The summed E-state index contributed by atoms with van der Waals surface area (Å²) in [4.78, 5) is 4.58. The number of nitrogens with two attached hydrogens (primary N) is 1. The first-order valence-corrected chi connectivity index (χ1v) is 7.79. The van der Waals surface area contributed by atoms with Gasteiger partial charge in [0.1, 0.15) is 5.82 Å². The quantitative estimate of drug-likeness (QED) is 0.891. The molecule has 1 aromatic heterocycles. The Balaban J connectivity index is 2.35. The van der Waals surface area contributed by atoms with Crippen LogP contribution in [0.15, 0.2) is 41.6 Å². The van der Waals surface area contributed by atoms with Crippen molar-refractivity contribution in [2.75, 3.05) is 12.3 Å². The number of sulfone groups is 1. The molecule has 2 N–H and O–H groups in total. The number of rotatable bonds is 5. The van der Waals surface area contributed by atoms with Crippen LogP contribution < -0.4 is 5.73 Å². The molecule has 2 rings (SSSR count). The molecule has 0 aliphatic rings. The predicted octanol–water partition coefficient (Wildman–Crippen LogP) is 1.17. The van der Waals surface area contributed by atoms with E-state index in [1.54, 1.807) is 37.4 Å². The lowest BCUT2D eigenvalue weighted by atomic mass is 10.3. The average Bonchev–Trinajstić information content (AvgIpc) is 2.88. The van der Waals surface area contributed by atoms with Crippen LogP contribution in [0.2, 0.25) is 0 Å². The Kier molecular flexibility index (Phi) is 4.01. The fraction of sp³-hybridized carbons (Fsp3) is 0.308. The third-order valence-corrected chi connectivity index (χ3v) is 4.69. The molecule has 0 aliphatic heterocycles. The monoisotopic (exact) mass is 279 g/mol. The van der Waals surface area contributed by atoms with Crippen molar-refractivity contribution < 1.29 is 8.42 Å². The molecule has 2 aromatic rings. The summed E-state index contributed by atoms with van der Waals surface area (Å²) < 4.78 is 25.4. The molecule has 0 saturated carbocycles. The first-order valence-electron chi connectivity index (χ1n) is 6.14. The molecule has 102 valence electrons. The van der Waals surface area contributed by atoms with E-state index < -0.39 is 9.84 Å². The van der Waals surface area contributed by atoms with Gasteiger partial charge < -0.3 is 10.3 Å². The number of hydrogen-bond donors (Lipinski definition) is 1. The molecule has 0 radical (unpaired) electrons. The molecule has 1 heterocycles. The summed E-state index contributed by atoms with van der Waals surface area (Å²) in [5, 5.41) is 0. The van der Waals surface area contributed by atoms with E-state index in [1.165, 1.54) is 0 Å². The van der Waals surface area contributed by atoms with E-state index in [9.17, 15) is 8.42 Å². The van der Waals surface area contributed by atoms with E-state index in [0.29, 0.717) is 17.9 Å². The zero-order valence-electron chi connectivity index (χ0n) is 10.8. The van der Waals surface area contributed by atoms with Crippen molar-refractivity contribution in [1.82, 2.24) is 9.55 Å². The average molecular weight is 279 g/mol. The van der Waals surface area contributed by atoms with Gasteiger partial charge in [-0.2, -0.15) is 0 Å². The molecule has 0 atom stereocenters. The Morgan fingerprint density at radius 1 is 1.26 bits per heavy atom. The zero-order valence-corrected chi connectivity index (χ0v) is 11.6. The largest absolute Gasteiger partial charge is 0.330 e. The highest BCUT2D eigenvalue weighted by Gasteiger charge is 2.11. The smallest absolute Gasteiger partial charge is 0.178 e. The summed E-state index contributed by atoms with van der Waals surface area (Å²) >= 11 is 0. The summed E-state index contributed by atoms with van der Waals surface area (Å²) in [5.74, 6) is 0.976. The van der Waals surface area contributed by atoms with Crippen LogP contribution in [0.3, 0.4) is 0 Å². The van der Waals surface area contributed by atoms with Crippen molar-refractivity contribution in [3.05, 3.63) is 42.5 Å². The van der Waals surface area contributed by atoms with E-state index in [0.717, 1.165) is 11.5 Å². The third kappa shape index (κ3) is 2.85. The first kappa shape index (κ1) is 13.8. The van der Waals surface area contributed by atoms with Gasteiger partial charge in [0.15, 0.2) is 9.84 Å². The molecule has 0 saturated heterocycles. The van der Waals surface area contributed by atoms with Gasteiger partial charge in [-0.15, -0.1) is 0 Å². The maximum absolute atomic E-state index is 11.7. The van der Waals surface area contributed by atoms with E-state index in [4.69, 9.17) is 5.73 Å². The minimum Gasteiger partial charge on any atom is -0.330 e. The number of imidazole rings is 1. The van der Waals surface area contributed by atoms with Crippen molar-refractivity contribution in [3.8, 4) is 5.69 Å². The van der Waals surface area contributed by atoms with Crippen LogP contribution in [0.4, 0.5) is 0 Å². The van der Waals surface area contributed by atoms with Crippen molar-refractivity contribution in [1.29, 1.82) is 0 Å². The van der Waals surface area contributed by atoms with Gasteiger partial charge in [0, 0.05) is 24.5 Å². The van der Waals surface area contributed by atoms with E-state index in [1.807, 2.05) is 10.8 Å². The van der Waals surface area contributed by atoms with Gasteiger partial charge in [0.2, 0.25) is 0 Å². The normalized spacial score (nSPS) is 11.7. The molecule has 1 aromatic carbocycles. The van der Waals surface area contributed by atoms with Crippen LogP contribution in [0.1, 0.15) is 12.7 Å². The van der Waals surface area contributed by atoms with Gasteiger partial charge in [-0.25, -0.2) is 13.4 Å². The van der Waals surface area contributed by atoms with Crippen molar-refractivity contribution in [3.63, 3.8) is 0 Å². The van der Waals surface area contributed by atoms with E-state index in [2.05, 4.69) is 4.98 Å². The summed E-state index contributed by atoms with van der Waals surface area (Å²) in [6.45, 7) is 2.16. The maximum Gasteiger partial charge on any atom is 0.178 e. The number of nitrogens with zero attached hydrogens (tertiary/aromatic N) is 2. The lowest BCUT2D eigenvalue weighted by molar-refractivity contribution is 0.597. The van der Waals surface area contributed by atoms with Gasteiger partial charge in [0.05, 0.1) is 10.6 Å². The summed E-state index contributed by atoms with van der Waals surface area (Å²) in [5.41, 5.74) is 6.42. The highest BCUT2D eigenvalue weighted by molar-refractivity contribution is 7.91. The van der Waals surface area contributed by atoms with Crippen LogP contribution in [0.25, 0.3) is 5.69 Å². The number of hydrogen-bond acceptors (Lipinski definition) is 4. The molecule has 0 fully saturated rings. The number of benzene rings is 1. The van der Waals surface area contributed by atoms with Gasteiger partial charge >= 0.3 is 0 Å².